The van der Waals surface area contributed by atoms with Crippen molar-refractivity contribution in [1.29, 1.82) is 0 Å². The number of aromatic carboxylic acids is 1. The third kappa shape index (κ3) is 3.64. The summed E-state index contributed by atoms with van der Waals surface area (Å²) < 4.78 is 10.5. The minimum Gasteiger partial charge on any atom is -0.478 e. The molecule has 142 valence electrons. The van der Waals surface area contributed by atoms with Gasteiger partial charge in [-0.2, -0.15) is 0 Å². The third-order valence-corrected chi connectivity index (χ3v) is 4.80. The van der Waals surface area contributed by atoms with Crippen LogP contribution < -0.4 is 0 Å². The molecule has 1 amide bonds. The highest BCUT2D eigenvalue weighted by Gasteiger charge is 2.38. The molecule has 1 saturated heterocycles. The molecular weight excluding hydrogens is 350 g/mol. The van der Waals surface area contributed by atoms with Gasteiger partial charge in [0.1, 0.15) is 0 Å². The minimum absolute atomic E-state index is 0.0530. The van der Waals surface area contributed by atoms with Gasteiger partial charge in [0.15, 0.2) is 0 Å². The first-order chi connectivity index (χ1) is 12.9. The molecule has 0 aliphatic carbocycles. The molecular formula is C20H21NO6. The van der Waals surface area contributed by atoms with Gasteiger partial charge in [0.05, 0.1) is 36.5 Å². The standard InChI is InChI=1S/C20H21NO6/c1-12-17(20(25)26-2)16(10-13-6-3-4-8-15(13)19(23)24)18(22)21(12)11-14-7-5-9-27-14/h3-4,6,8,10,14H,5,7,9,11H2,1-2H3,(H,23,24)/b16-10-/t14-/m1/s1. The van der Waals surface area contributed by atoms with Crippen LogP contribution in [0.15, 0.2) is 41.1 Å². The van der Waals surface area contributed by atoms with Crippen molar-refractivity contribution in [1.82, 2.24) is 4.90 Å². The lowest BCUT2D eigenvalue weighted by Crippen LogP contribution is -2.33. The van der Waals surface area contributed by atoms with Crippen molar-refractivity contribution >= 4 is 23.9 Å². The zero-order chi connectivity index (χ0) is 19.6. The normalized spacial score (nSPS) is 21.3. The summed E-state index contributed by atoms with van der Waals surface area (Å²) in [6.07, 6.45) is 3.16. The first-order valence-corrected chi connectivity index (χ1v) is 8.71. The molecule has 0 spiro atoms. The maximum atomic E-state index is 13.0. The van der Waals surface area contributed by atoms with E-state index in [1.807, 2.05) is 0 Å². The lowest BCUT2D eigenvalue weighted by atomic mass is 10.0. The van der Waals surface area contributed by atoms with Crippen LogP contribution in [0, 0.1) is 0 Å². The summed E-state index contributed by atoms with van der Waals surface area (Å²) in [6, 6.07) is 6.33. The van der Waals surface area contributed by atoms with Gasteiger partial charge in [0.2, 0.25) is 0 Å². The molecule has 0 aromatic heterocycles. The molecule has 3 rings (SSSR count). The molecule has 7 heteroatoms. The third-order valence-electron chi connectivity index (χ3n) is 4.80. The summed E-state index contributed by atoms with van der Waals surface area (Å²) in [6.45, 7) is 2.69. The molecule has 2 aliphatic heterocycles. The SMILES string of the molecule is COC(=O)C1=C(C)N(C[C@H]2CCCO2)C(=O)/C1=C\c1ccccc1C(=O)O. The van der Waals surface area contributed by atoms with Gasteiger partial charge < -0.3 is 19.5 Å². The first kappa shape index (κ1) is 18.8. The van der Waals surface area contributed by atoms with Crippen molar-refractivity contribution in [2.45, 2.75) is 25.9 Å². The van der Waals surface area contributed by atoms with E-state index in [2.05, 4.69) is 0 Å². The Hall–Kier alpha value is -2.93. The number of nitrogens with zero attached hydrogens (tertiary/aromatic N) is 1. The molecule has 2 aliphatic rings. The van der Waals surface area contributed by atoms with Gasteiger partial charge in [-0.1, -0.05) is 18.2 Å². The minimum atomic E-state index is -1.11. The molecule has 0 radical (unpaired) electrons. The number of carboxylic acid groups (broad SMARTS) is 1. The highest BCUT2D eigenvalue weighted by atomic mass is 16.5. The van der Waals surface area contributed by atoms with Crippen LogP contribution >= 0.6 is 0 Å². The number of ether oxygens (including phenoxy) is 2. The van der Waals surface area contributed by atoms with Gasteiger partial charge in [0.25, 0.3) is 5.91 Å². The number of hydrogen-bond acceptors (Lipinski definition) is 5. The second-order valence-electron chi connectivity index (χ2n) is 6.45. The lowest BCUT2D eigenvalue weighted by Gasteiger charge is -2.21. The Morgan fingerprint density at radius 3 is 2.74 bits per heavy atom. The first-order valence-electron chi connectivity index (χ1n) is 8.71. The fourth-order valence-electron chi connectivity index (χ4n) is 3.41. The fraction of sp³-hybridized carbons (Fsp3) is 0.350. The van der Waals surface area contributed by atoms with Crippen molar-refractivity contribution in [3.05, 3.63) is 52.2 Å². The monoisotopic (exact) mass is 371 g/mol. The van der Waals surface area contributed by atoms with Crippen LogP contribution in [0.3, 0.4) is 0 Å². The molecule has 7 nitrogen and oxygen atoms in total. The number of rotatable bonds is 5. The number of allylic oxidation sites excluding steroid dienone is 1. The van der Waals surface area contributed by atoms with E-state index in [1.54, 1.807) is 25.1 Å². The predicted molar refractivity (Wildman–Crippen MR) is 96.8 cm³/mol. The number of benzene rings is 1. The van der Waals surface area contributed by atoms with Gasteiger partial charge in [-0.15, -0.1) is 0 Å². The van der Waals surface area contributed by atoms with Crippen molar-refractivity contribution in [2.75, 3.05) is 20.3 Å². The smallest absolute Gasteiger partial charge is 0.340 e. The maximum absolute atomic E-state index is 13.0. The van der Waals surface area contributed by atoms with Gasteiger partial charge in [-0.05, 0) is 37.5 Å². The lowest BCUT2D eigenvalue weighted by molar-refractivity contribution is -0.136. The molecule has 1 aromatic carbocycles. The average Bonchev–Trinajstić information content (AvgIpc) is 3.24. The maximum Gasteiger partial charge on any atom is 0.340 e. The van der Waals surface area contributed by atoms with Gasteiger partial charge in [-0.3, -0.25) is 4.79 Å². The number of methoxy groups -OCH3 is 1. The van der Waals surface area contributed by atoms with Gasteiger partial charge in [0, 0.05) is 12.3 Å². The Balaban J connectivity index is 2.04. The highest BCUT2D eigenvalue weighted by molar-refractivity contribution is 6.16. The largest absolute Gasteiger partial charge is 0.478 e. The molecule has 0 bridgehead atoms. The van der Waals surface area contributed by atoms with Crippen molar-refractivity contribution in [3.63, 3.8) is 0 Å². The number of esters is 1. The predicted octanol–water partition coefficient (Wildman–Crippen LogP) is 2.24. The van der Waals surface area contributed by atoms with Crippen LogP contribution in [0.5, 0.6) is 0 Å². The van der Waals surface area contributed by atoms with Crippen LogP contribution in [0.1, 0.15) is 35.7 Å². The zero-order valence-corrected chi connectivity index (χ0v) is 15.2. The molecule has 1 N–H and O–H groups in total. The summed E-state index contributed by atoms with van der Waals surface area (Å²) in [4.78, 5) is 38.3. The topological polar surface area (TPSA) is 93.1 Å². The summed E-state index contributed by atoms with van der Waals surface area (Å²) >= 11 is 0. The van der Waals surface area contributed by atoms with E-state index in [0.717, 1.165) is 12.8 Å². The van der Waals surface area contributed by atoms with Crippen LogP contribution in [0.2, 0.25) is 0 Å². The quantitative estimate of drug-likeness (QED) is 0.630. The molecule has 0 saturated carbocycles. The number of carbonyl (C=O) groups excluding carboxylic acids is 2. The summed E-state index contributed by atoms with van der Waals surface area (Å²) in [7, 11) is 1.25. The van der Waals surface area contributed by atoms with Crippen LogP contribution in [-0.2, 0) is 19.1 Å². The fourth-order valence-corrected chi connectivity index (χ4v) is 3.41. The molecule has 1 aromatic rings. The van der Waals surface area contributed by atoms with E-state index in [9.17, 15) is 19.5 Å². The summed E-state index contributed by atoms with van der Waals surface area (Å²) in [5.74, 6) is -2.09. The summed E-state index contributed by atoms with van der Waals surface area (Å²) in [5.41, 5.74) is 1.17. The van der Waals surface area contributed by atoms with Crippen molar-refractivity contribution in [3.8, 4) is 0 Å². The van der Waals surface area contributed by atoms with E-state index in [1.165, 1.54) is 24.2 Å². The van der Waals surface area contributed by atoms with Crippen molar-refractivity contribution in [2.24, 2.45) is 0 Å². The van der Waals surface area contributed by atoms with Crippen LogP contribution in [0.25, 0.3) is 6.08 Å². The number of hydrogen-bond donors (Lipinski definition) is 1. The Morgan fingerprint density at radius 1 is 1.37 bits per heavy atom. The Morgan fingerprint density at radius 2 is 2.11 bits per heavy atom. The number of amides is 1. The molecule has 0 unspecified atom stereocenters. The van der Waals surface area contributed by atoms with E-state index < -0.39 is 11.9 Å². The molecule has 1 fully saturated rings. The van der Waals surface area contributed by atoms with Crippen molar-refractivity contribution < 1.29 is 29.0 Å². The van der Waals surface area contributed by atoms with Crippen LogP contribution in [-0.4, -0.2) is 54.2 Å². The van der Waals surface area contributed by atoms with E-state index >= 15 is 0 Å². The van der Waals surface area contributed by atoms with Gasteiger partial charge in [-0.25, -0.2) is 9.59 Å². The second kappa shape index (κ2) is 7.75. The Labute approximate surface area is 156 Å². The number of carboxylic acids is 1. The molecule has 1 atom stereocenters. The average molecular weight is 371 g/mol. The molecule has 27 heavy (non-hydrogen) atoms. The molecule has 2 heterocycles. The Bertz CT molecular complexity index is 848. The van der Waals surface area contributed by atoms with E-state index in [4.69, 9.17) is 9.47 Å². The van der Waals surface area contributed by atoms with E-state index in [0.29, 0.717) is 24.4 Å². The highest BCUT2D eigenvalue weighted by Crippen LogP contribution is 2.33. The number of carbonyl (C=O) groups is 3. The van der Waals surface area contributed by atoms with E-state index in [-0.39, 0.29) is 28.7 Å². The Kier molecular flexibility index (Phi) is 5.41. The summed E-state index contributed by atoms with van der Waals surface area (Å²) in [5, 5.41) is 9.38. The zero-order valence-electron chi connectivity index (χ0n) is 15.2. The second-order valence-corrected chi connectivity index (χ2v) is 6.45. The van der Waals surface area contributed by atoms with Crippen LogP contribution in [0.4, 0.5) is 0 Å². The van der Waals surface area contributed by atoms with Gasteiger partial charge >= 0.3 is 11.9 Å².